The Bertz CT molecular complexity index is 699. The van der Waals surface area contributed by atoms with Crippen molar-refractivity contribution >= 4 is 60.8 Å². The fourth-order valence-electron chi connectivity index (χ4n) is 1.46. The van der Waals surface area contributed by atoms with Gasteiger partial charge in [0.2, 0.25) is 0 Å². The summed E-state index contributed by atoms with van der Waals surface area (Å²) in [5, 5.41) is 21.0. The molecule has 5 nitrogen and oxygen atoms in total. The predicted octanol–water partition coefficient (Wildman–Crippen LogP) is 3.93. The number of halogens is 2. The molecule has 104 valence electrons. The van der Waals surface area contributed by atoms with Crippen LogP contribution in [0.5, 0.6) is 5.75 Å². The zero-order valence-corrected chi connectivity index (χ0v) is 13.7. The molecule has 0 saturated carbocycles. The van der Waals surface area contributed by atoms with E-state index in [1.165, 1.54) is 23.5 Å². The Hall–Kier alpha value is -1.38. The number of carboxylic acids is 1. The molecule has 0 fully saturated rings. The molecule has 0 aliphatic rings. The third-order valence-electron chi connectivity index (χ3n) is 2.39. The van der Waals surface area contributed by atoms with Crippen molar-refractivity contribution in [1.82, 2.24) is 0 Å². The number of rotatable bonds is 3. The van der Waals surface area contributed by atoms with Gasteiger partial charge in [0.15, 0.2) is 0 Å². The monoisotopic (exact) mass is 419 g/mol. The molecule has 0 spiro atoms. The molecule has 1 aromatic heterocycles. The highest BCUT2D eigenvalue weighted by molar-refractivity contribution is 9.12. The summed E-state index contributed by atoms with van der Waals surface area (Å²) >= 11 is 7.89. The van der Waals surface area contributed by atoms with E-state index in [1.54, 1.807) is 6.07 Å². The minimum atomic E-state index is -1.15. The number of phenolic OH excluding ortho intramolecular Hbond substituents is 1. The Kier molecular flexibility index (Phi) is 4.46. The summed E-state index contributed by atoms with van der Waals surface area (Å²) in [4.78, 5) is 22.8. The van der Waals surface area contributed by atoms with Gasteiger partial charge in [-0.05, 0) is 56.1 Å². The van der Waals surface area contributed by atoms with E-state index in [4.69, 9.17) is 5.11 Å². The fourth-order valence-corrected chi connectivity index (χ4v) is 4.25. The minimum Gasteiger partial charge on any atom is -0.506 e. The van der Waals surface area contributed by atoms with Crippen LogP contribution in [0.2, 0.25) is 0 Å². The maximum atomic E-state index is 12.0. The standard InChI is InChI=1S/C12H7Br2NO4S/c13-9-4-6(10(14)20-9)11(17)15-7-2-1-5(12(18)19)3-8(7)16/h1-4,16H,(H,15,17)(H,18,19). The second-order valence-electron chi connectivity index (χ2n) is 3.73. The van der Waals surface area contributed by atoms with E-state index >= 15 is 0 Å². The topological polar surface area (TPSA) is 86.6 Å². The van der Waals surface area contributed by atoms with Gasteiger partial charge >= 0.3 is 5.97 Å². The van der Waals surface area contributed by atoms with Crippen molar-refractivity contribution in [3.05, 3.63) is 43.0 Å². The lowest BCUT2D eigenvalue weighted by molar-refractivity contribution is 0.0696. The first-order chi connectivity index (χ1) is 9.38. The van der Waals surface area contributed by atoms with E-state index in [0.29, 0.717) is 9.35 Å². The molecule has 2 rings (SSSR count). The van der Waals surface area contributed by atoms with Gasteiger partial charge in [0, 0.05) is 0 Å². The number of carboxylic acid groups (broad SMARTS) is 1. The lowest BCUT2D eigenvalue weighted by atomic mass is 10.2. The molecule has 1 amide bonds. The average Bonchev–Trinajstić information content (AvgIpc) is 2.70. The van der Waals surface area contributed by atoms with Crippen molar-refractivity contribution in [3.63, 3.8) is 0 Å². The third kappa shape index (κ3) is 3.20. The number of nitrogens with one attached hydrogen (secondary N) is 1. The van der Waals surface area contributed by atoms with Crippen molar-refractivity contribution in [3.8, 4) is 5.75 Å². The summed E-state index contributed by atoms with van der Waals surface area (Å²) in [6.45, 7) is 0. The molecule has 0 unspecified atom stereocenters. The largest absolute Gasteiger partial charge is 0.506 e. The molecule has 20 heavy (non-hydrogen) atoms. The molecule has 0 aliphatic heterocycles. The third-order valence-corrected chi connectivity index (χ3v) is 4.73. The molecule has 0 radical (unpaired) electrons. The zero-order valence-electron chi connectivity index (χ0n) is 9.68. The first-order valence-corrected chi connectivity index (χ1v) is 7.61. The molecule has 0 atom stereocenters. The average molecular weight is 421 g/mol. The highest BCUT2D eigenvalue weighted by Gasteiger charge is 2.16. The highest BCUT2D eigenvalue weighted by Crippen LogP contribution is 2.33. The Morgan fingerprint density at radius 3 is 2.40 bits per heavy atom. The molecular weight excluding hydrogens is 414 g/mol. The van der Waals surface area contributed by atoms with Crippen LogP contribution in [0.4, 0.5) is 5.69 Å². The molecule has 3 N–H and O–H groups in total. The molecule has 2 aromatic rings. The first-order valence-electron chi connectivity index (χ1n) is 5.21. The van der Waals surface area contributed by atoms with Gasteiger partial charge in [0.1, 0.15) is 5.75 Å². The van der Waals surface area contributed by atoms with E-state index in [2.05, 4.69) is 37.2 Å². The van der Waals surface area contributed by atoms with Crippen LogP contribution in [0, 0.1) is 0 Å². The van der Waals surface area contributed by atoms with Crippen LogP contribution in [-0.2, 0) is 0 Å². The summed E-state index contributed by atoms with van der Waals surface area (Å²) in [6, 6.07) is 5.37. The Labute approximate surface area is 134 Å². The summed E-state index contributed by atoms with van der Waals surface area (Å²) in [5.74, 6) is -1.86. The molecule has 1 heterocycles. The number of amides is 1. The number of anilines is 1. The maximum Gasteiger partial charge on any atom is 0.335 e. The van der Waals surface area contributed by atoms with Crippen LogP contribution in [0.3, 0.4) is 0 Å². The lowest BCUT2D eigenvalue weighted by Crippen LogP contribution is -2.11. The van der Waals surface area contributed by atoms with Crippen molar-refractivity contribution in [2.45, 2.75) is 0 Å². The van der Waals surface area contributed by atoms with Gasteiger partial charge < -0.3 is 15.5 Å². The maximum absolute atomic E-state index is 12.0. The molecule has 8 heteroatoms. The van der Waals surface area contributed by atoms with Gasteiger partial charge in [-0.3, -0.25) is 4.79 Å². The van der Waals surface area contributed by atoms with Crippen LogP contribution >= 0.6 is 43.2 Å². The SMILES string of the molecule is O=C(O)c1ccc(NC(=O)c2cc(Br)sc2Br)c(O)c1. The van der Waals surface area contributed by atoms with Gasteiger partial charge in [-0.15, -0.1) is 11.3 Å². The zero-order chi connectivity index (χ0) is 14.9. The number of thiophene rings is 1. The number of aromatic hydroxyl groups is 1. The molecule has 1 aromatic carbocycles. The van der Waals surface area contributed by atoms with E-state index in [9.17, 15) is 14.7 Å². The number of hydrogen-bond acceptors (Lipinski definition) is 4. The molecular formula is C12H7Br2NO4S. The van der Waals surface area contributed by atoms with Crippen LogP contribution in [0.1, 0.15) is 20.7 Å². The van der Waals surface area contributed by atoms with Gasteiger partial charge in [0.25, 0.3) is 5.91 Å². The van der Waals surface area contributed by atoms with Crippen molar-refractivity contribution in [2.75, 3.05) is 5.32 Å². The first kappa shape index (κ1) is 15.0. The van der Waals surface area contributed by atoms with Crippen molar-refractivity contribution in [2.24, 2.45) is 0 Å². The number of carbonyl (C=O) groups is 2. The van der Waals surface area contributed by atoms with Crippen LogP contribution in [-0.4, -0.2) is 22.1 Å². The van der Waals surface area contributed by atoms with Gasteiger partial charge in [-0.25, -0.2) is 4.79 Å². The van der Waals surface area contributed by atoms with Crippen LogP contribution in [0.15, 0.2) is 31.8 Å². The molecule has 0 bridgehead atoms. The van der Waals surface area contributed by atoms with E-state index in [-0.39, 0.29) is 17.0 Å². The van der Waals surface area contributed by atoms with Crippen molar-refractivity contribution < 1.29 is 19.8 Å². The molecule has 0 saturated heterocycles. The van der Waals surface area contributed by atoms with E-state index < -0.39 is 11.9 Å². The van der Waals surface area contributed by atoms with Gasteiger partial charge in [-0.1, -0.05) is 0 Å². The predicted molar refractivity (Wildman–Crippen MR) is 82.7 cm³/mol. The Balaban J connectivity index is 2.24. The molecule has 0 aliphatic carbocycles. The number of benzene rings is 1. The highest BCUT2D eigenvalue weighted by atomic mass is 79.9. The van der Waals surface area contributed by atoms with Crippen LogP contribution in [0.25, 0.3) is 0 Å². The van der Waals surface area contributed by atoms with E-state index in [1.807, 2.05) is 0 Å². The normalized spacial score (nSPS) is 10.3. The minimum absolute atomic E-state index is 0.0556. The number of carbonyl (C=O) groups excluding carboxylic acids is 1. The smallest absolute Gasteiger partial charge is 0.335 e. The Morgan fingerprint density at radius 2 is 1.90 bits per heavy atom. The van der Waals surface area contributed by atoms with Gasteiger partial charge in [0.05, 0.1) is 24.4 Å². The number of aromatic carboxylic acids is 1. The second kappa shape index (κ2) is 5.94. The second-order valence-corrected chi connectivity index (χ2v) is 7.48. The summed E-state index contributed by atoms with van der Waals surface area (Å²) in [6.07, 6.45) is 0. The number of hydrogen-bond donors (Lipinski definition) is 3. The van der Waals surface area contributed by atoms with Crippen LogP contribution < -0.4 is 5.32 Å². The summed E-state index contributed by atoms with van der Waals surface area (Å²) < 4.78 is 1.45. The van der Waals surface area contributed by atoms with E-state index in [0.717, 1.165) is 9.85 Å². The summed E-state index contributed by atoms with van der Waals surface area (Å²) in [5.41, 5.74) is 0.512. The summed E-state index contributed by atoms with van der Waals surface area (Å²) in [7, 11) is 0. The quantitative estimate of drug-likeness (QED) is 0.656. The van der Waals surface area contributed by atoms with Crippen molar-refractivity contribution in [1.29, 1.82) is 0 Å². The Morgan fingerprint density at radius 1 is 1.20 bits per heavy atom. The van der Waals surface area contributed by atoms with Gasteiger partial charge in [-0.2, -0.15) is 0 Å². The number of phenols is 1. The fraction of sp³-hybridized carbons (Fsp3) is 0. The lowest BCUT2D eigenvalue weighted by Gasteiger charge is -2.07.